The Morgan fingerprint density at radius 2 is 1.67 bits per heavy atom. The third-order valence-corrected chi connectivity index (χ3v) is 6.01. The van der Waals surface area contributed by atoms with Crippen molar-refractivity contribution in [1.82, 2.24) is 14.0 Å². The maximum Gasteiger partial charge on any atom is 0.332 e. The van der Waals surface area contributed by atoms with Crippen molar-refractivity contribution in [2.24, 2.45) is 0 Å². The Morgan fingerprint density at radius 3 is 2.37 bits per heavy atom. The lowest BCUT2D eigenvalue weighted by molar-refractivity contribution is -0.132. The number of para-hydroxylation sites is 1. The smallest absolute Gasteiger partial charge is 0.332 e. The maximum atomic E-state index is 13.4. The van der Waals surface area contributed by atoms with E-state index in [1.54, 1.807) is 29.2 Å². The number of hydrogen-bond acceptors (Lipinski definition) is 3. The third kappa shape index (κ3) is 3.82. The van der Waals surface area contributed by atoms with Crippen LogP contribution in [0.25, 0.3) is 10.9 Å². The molecule has 6 heteroatoms. The Balaban J connectivity index is 1.73. The molecule has 1 saturated carbocycles. The molecule has 1 aromatic heterocycles. The zero-order valence-corrected chi connectivity index (χ0v) is 17.3. The normalized spacial score (nSPS) is 14.3. The van der Waals surface area contributed by atoms with Crippen LogP contribution in [0.15, 0.2) is 64.2 Å². The summed E-state index contributed by atoms with van der Waals surface area (Å²) in [5.74, 6) is -0.134. The number of carbonyl (C=O) groups excluding carboxylic acids is 1. The molecule has 2 aromatic carbocycles. The Kier molecular flexibility index (Phi) is 5.84. The molecular formula is C24H27N3O3. The van der Waals surface area contributed by atoms with Gasteiger partial charge in [0.1, 0.15) is 6.54 Å². The minimum absolute atomic E-state index is 0.0764. The van der Waals surface area contributed by atoms with Gasteiger partial charge in [-0.2, -0.15) is 0 Å². The SMILES string of the molecule is CCN(Cc1ccccc1)C(=O)Cn1c(=O)n(C2CCCC2)c(=O)c2ccccc21. The Morgan fingerprint density at radius 1 is 1.00 bits per heavy atom. The molecular weight excluding hydrogens is 378 g/mol. The molecule has 1 amide bonds. The summed E-state index contributed by atoms with van der Waals surface area (Å²) in [5.41, 5.74) is 0.934. The Hall–Kier alpha value is -3.15. The standard InChI is InChI=1S/C24H27N3O3/c1-2-25(16-18-10-4-3-5-11-18)22(28)17-26-21-15-9-8-14-20(21)23(29)27(24(26)30)19-12-6-7-13-19/h3-5,8-11,14-15,19H,2,6-7,12-13,16-17H2,1H3. The van der Waals surface area contributed by atoms with Crippen molar-refractivity contribution in [2.45, 2.75) is 51.7 Å². The Labute approximate surface area is 175 Å². The fourth-order valence-corrected chi connectivity index (χ4v) is 4.39. The molecule has 1 aliphatic rings. The minimum atomic E-state index is -0.380. The van der Waals surface area contributed by atoms with Crippen LogP contribution in [-0.4, -0.2) is 26.5 Å². The van der Waals surface area contributed by atoms with Gasteiger partial charge < -0.3 is 4.90 Å². The van der Waals surface area contributed by atoms with Crippen molar-refractivity contribution in [1.29, 1.82) is 0 Å². The van der Waals surface area contributed by atoms with Crippen molar-refractivity contribution < 1.29 is 4.79 Å². The highest BCUT2D eigenvalue weighted by Gasteiger charge is 2.24. The molecule has 1 aliphatic carbocycles. The average Bonchev–Trinajstić information content (AvgIpc) is 3.30. The van der Waals surface area contributed by atoms with E-state index < -0.39 is 0 Å². The minimum Gasteiger partial charge on any atom is -0.337 e. The molecule has 0 aliphatic heterocycles. The van der Waals surface area contributed by atoms with Gasteiger partial charge in [0.05, 0.1) is 10.9 Å². The van der Waals surface area contributed by atoms with E-state index in [1.807, 2.05) is 37.3 Å². The van der Waals surface area contributed by atoms with E-state index in [2.05, 4.69) is 0 Å². The second-order valence-corrected chi connectivity index (χ2v) is 7.89. The lowest BCUT2D eigenvalue weighted by Gasteiger charge is -2.23. The molecule has 0 unspecified atom stereocenters. The molecule has 6 nitrogen and oxygen atoms in total. The lowest BCUT2D eigenvalue weighted by Crippen LogP contribution is -2.44. The Bertz CT molecular complexity index is 1160. The van der Waals surface area contributed by atoms with Gasteiger partial charge in [-0.25, -0.2) is 4.79 Å². The van der Waals surface area contributed by atoms with Crippen LogP contribution in [0.3, 0.4) is 0 Å². The molecule has 156 valence electrons. The van der Waals surface area contributed by atoms with Crippen LogP contribution in [-0.2, 0) is 17.9 Å². The lowest BCUT2D eigenvalue weighted by atomic mass is 10.2. The number of fused-ring (bicyclic) bond motifs is 1. The zero-order chi connectivity index (χ0) is 21.1. The number of nitrogens with zero attached hydrogens (tertiary/aromatic N) is 3. The van der Waals surface area contributed by atoms with Crippen LogP contribution in [0.2, 0.25) is 0 Å². The molecule has 0 N–H and O–H groups in total. The highest BCUT2D eigenvalue weighted by molar-refractivity contribution is 5.81. The van der Waals surface area contributed by atoms with Crippen molar-refractivity contribution in [3.63, 3.8) is 0 Å². The molecule has 0 bridgehead atoms. The fraction of sp³-hybridized carbons (Fsp3) is 0.375. The predicted octanol–water partition coefficient (Wildman–Crippen LogP) is 3.33. The number of rotatable bonds is 6. The highest BCUT2D eigenvalue weighted by atomic mass is 16.2. The van der Waals surface area contributed by atoms with E-state index in [9.17, 15) is 14.4 Å². The monoisotopic (exact) mass is 405 g/mol. The highest BCUT2D eigenvalue weighted by Crippen LogP contribution is 2.27. The van der Waals surface area contributed by atoms with E-state index in [4.69, 9.17) is 0 Å². The second-order valence-electron chi connectivity index (χ2n) is 7.89. The van der Waals surface area contributed by atoms with Gasteiger partial charge in [0.2, 0.25) is 5.91 Å². The van der Waals surface area contributed by atoms with E-state index in [-0.39, 0.29) is 29.7 Å². The summed E-state index contributed by atoms with van der Waals surface area (Å²) in [6.45, 7) is 2.89. The van der Waals surface area contributed by atoms with Crippen LogP contribution >= 0.6 is 0 Å². The first-order valence-corrected chi connectivity index (χ1v) is 10.7. The topological polar surface area (TPSA) is 64.3 Å². The van der Waals surface area contributed by atoms with Gasteiger partial charge in [-0.05, 0) is 37.5 Å². The van der Waals surface area contributed by atoms with Crippen LogP contribution in [0.5, 0.6) is 0 Å². The van der Waals surface area contributed by atoms with Crippen molar-refractivity contribution in [2.75, 3.05) is 6.54 Å². The van der Waals surface area contributed by atoms with Gasteiger partial charge >= 0.3 is 5.69 Å². The first-order valence-electron chi connectivity index (χ1n) is 10.7. The van der Waals surface area contributed by atoms with Crippen molar-refractivity contribution in [3.05, 3.63) is 81.0 Å². The second kappa shape index (κ2) is 8.69. The maximum absolute atomic E-state index is 13.4. The van der Waals surface area contributed by atoms with Crippen molar-refractivity contribution >= 4 is 16.8 Å². The largest absolute Gasteiger partial charge is 0.337 e. The van der Waals surface area contributed by atoms with Crippen LogP contribution in [0.4, 0.5) is 0 Å². The molecule has 3 aromatic rings. The summed E-state index contributed by atoms with van der Waals surface area (Å²) in [7, 11) is 0. The fourth-order valence-electron chi connectivity index (χ4n) is 4.39. The average molecular weight is 405 g/mol. The summed E-state index contributed by atoms with van der Waals surface area (Å²) >= 11 is 0. The summed E-state index contributed by atoms with van der Waals surface area (Å²) in [4.78, 5) is 41.3. The molecule has 0 radical (unpaired) electrons. The van der Waals surface area contributed by atoms with Crippen LogP contribution in [0, 0.1) is 0 Å². The van der Waals surface area contributed by atoms with E-state index in [1.165, 1.54) is 9.13 Å². The number of aromatic nitrogens is 2. The van der Waals surface area contributed by atoms with Gasteiger partial charge in [-0.3, -0.25) is 18.7 Å². The van der Waals surface area contributed by atoms with E-state index in [0.717, 1.165) is 31.2 Å². The molecule has 0 atom stereocenters. The van der Waals surface area contributed by atoms with Gasteiger partial charge in [0.15, 0.2) is 0 Å². The van der Waals surface area contributed by atoms with Crippen LogP contribution < -0.4 is 11.2 Å². The molecule has 1 fully saturated rings. The quantitative estimate of drug-likeness (QED) is 0.632. The van der Waals surface area contributed by atoms with Gasteiger partial charge in [-0.15, -0.1) is 0 Å². The number of hydrogen-bond donors (Lipinski definition) is 0. The first-order chi connectivity index (χ1) is 14.6. The molecule has 30 heavy (non-hydrogen) atoms. The summed E-state index contributed by atoms with van der Waals surface area (Å²) in [6, 6.07) is 16.8. The number of carbonyl (C=O) groups is 1. The number of likely N-dealkylation sites (N-methyl/N-ethyl adjacent to an activating group) is 1. The predicted molar refractivity (Wildman–Crippen MR) is 118 cm³/mol. The first kappa shape index (κ1) is 20.1. The van der Waals surface area contributed by atoms with Gasteiger partial charge in [0, 0.05) is 19.1 Å². The van der Waals surface area contributed by atoms with E-state index in [0.29, 0.717) is 24.0 Å². The summed E-state index contributed by atoms with van der Waals surface area (Å²) < 4.78 is 2.86. The zero-order valence-electron chi connectivity index (χ0n) is 17.3. The number of amides is 1. The third-order valence-electron chi connectivity index (χ3n) is 6.01. The van der Waals surface area contributed by atoms with Crippen molar-refractivity contribution in [3.8, 4) is 0 Å². The van der Waals surface area contributed by atoms with Gasteiger partial charge in [-0.1, -0.05) is 55.3 Å². The van der Waals surface area contributed by atoms with E-state index >= 15 is 0 Å². The molecule has 4 rings (SSSR count). The molecule has 0 saturated heterocycles. The molecule has 1 heterocycles. The van der Waals surface area contributed by atoms with Gasteiger partial charge in [0.25, 0.3) is 5.56 Å². The number of benzene rings is 2. The summed E-state index contributed by atoms with van der Waals surface area (Å²) in [6.07, 6.45) is 3.69. The molecule has 0 spiro atoms. The van der Waals surface area contributed by atoms with Crippen LogP contribution in [0.1, 0.15) is 44.2 Å². The summed E-state index contributed by atoms with van der Waals surface area (Å²) in [5, 5.41) is 0.489.